The minimum Gasteiger partial charge on any atom is -0.324 e. The average molecular weight is 621 g/mol. The first-order valence-electron chi connectivity index (χ1n) is 12.1. The molecule has 194 valence electrons. The molecule has 0 aliphatic carbocycles. The second kappa shape index (κ2) is 8.59. The number of rotatable bonds is 3. The van der Waals surface area contributed by atoms with Crippen LogP contribution in [0.2, 0.25) is 5.02 Å². The fourth-order valence-electron chi connectivity index (χ4n) is 6.18. The number of fused-ring (bicyclic) bond motifs is 3. The van der Waals surface area contributed by atoms with Gasteiger partial charge in [0.1, 0.15) is 10.6 Å². The predicted octanol–water partition coefficient (Wildman–Crippen LogP) is 4.74. The fraction of sp³-hybridized carbons (Fsp3) is 0.179. The monoisotopic (exact) mass is 619 g/mol. The summed E-state index contributed by atoms with van der Waals surface area (Å²) < 4.78 is 0.812. The molecule has 0 saturated carbocycles. The molecule has 3 atom stereocenters. The van der Waals surface area contributed by atoms with Crippen molar-refractivity contribution in [2.45, 2.75) is 11.1 Å². The first kappa shape index (κ1) is 24.7. The van der Waals surface area contributed by atoms with Crippen LogP contribution in [0.4, 0.5) is 5.69 Å². The van der Waals surface area contributed by atoms with Crippen molar-refractivity contribution in [1.29, 1.82) is 0 Å². The summed E-state index contributed by atoms with van der Waals surface area (Å²) in [5.41, 5.74) is -0.631. The van der Waals surface area contributed by atoms with Crippen LogP contribution in [0.5, 0.6) is 0 Å². The van der Waals surface area contributed by atoms with Crippen LogP contribution in [-0.2, 0) is 15.1 Å². The summed E-state index contributed by atoms with van der Waals surface area (Å²) in [5, 5.41) is 10.2. The van der Waals surface area contributed by atoms with E-state index < -0.39 is 22.9 Å². The highest BCUT2D eigenvalue weighted by molar-refractivity contribution is 9.10. The summed E-state index contributed by atoms with van der Waals surface area (Å²) in [5.74, 6) is -2.27. The Morgan fingerprint density at radius 3 is 2.54 bits per heavy atom. The third kappa shape index (κ3) is 3.26. The lowest BCUT2D eigenvalue weighted by molar-refractivity contribution is -0.132. The Bertz CT molecular complexity index is 1680. The summed E-state index contributed by atoms with van der Waals surface area (Å²) >= 11 is 11.0. The maximum Gasteiger partial charge on any atom is 0.279 e. The quantitative estimate of drug-likeness (QED) is 0.427. The number of hydrazone groups is 1. The van der Waals surface area contributed by atoms with Crippen LogP contribution in [0.3, 0.4) is 0 Å². The lowest BCUT2D eigenvalue weighted by Gasteiger charge is -2.36. The first-order valence-corrected chi connectivity index (χ1v) is 14.1. The third-order valence-corrected chi connectivity index (χ3v) is 9.62. The molecule has 0 bridgehead atoms. The van der Waals surface area contributed by atoms with E-state index in [1.165, 1.54) is 16.8 Å². The van der Waals surface area contributed by atoms with Crippen molar-refractivity contribution in [3.8, 4) is 0 Å². The minimum atomic E-state index is -1.55. The number of ketones is 1. The SMILES string of the molecule is CN1CC2(N=C3SC(c4ccccc4Cl)=NN3C2=O)C(C(=O)c2ccc(Br)cc2)C12C(=O)Nc1ccccc12. The summed E-state index contributed by atoms with van der Waals surface area (Å²) in [6.45, 7) is 0.0675. The molecule has 39 heavy (non-hydrogen) atoms. The standard InChI is InChI=1S/C28H19BrClN5O3S/c1-34-14-27(25(38)35-26(32-27)39-23(33-35)17-6-2-4-8-19(17)30)22(21(36)15-10-12-16(29)13-11-15)28(34)18-7-3-5-9-20(18)31-24(28)37/h2-13,22H,14H2,1H3,(H,31,37). The number of hydrogen-bond acceptors (Lipinski definition) is 7. The topological polar surface area (TPSA) is 94.4 Å². The Kier molecular flexibility index (Phi) is 5.44. The number of carbonyl (C=O) groups excluding carboxylic acids is 3. The van der Waals surface area contributed by atoms with Crippen LogP contribution < -0.4 is 5.32 Å². The largest absolute Gasteiger partial charge is 0.324 e. The number of likely N-dealkylation sites (tertiary alicyclic amines) is 1. The van der Waals surface area contributed by atoms with E-state index in [4.69, 9.17) is 16.6 Å². The molecule has 1 fully saturated rings. The van der Waals surface area contributed by atoms with Gasteiger partial charge in [-0.05, 0) is 43.1 Å². The normalized spacial score (nSPS) is 27.2. The highest BCUT2D eigenvalue weighted by atomic mass is 79.9. The van der Waals surface area contributed by atoms with Crippen molar-refractivity contribution in [3.05, 3.63) is 99.0 Å². The summed E-state index contributed by atoms with van der Waals surface area (Å²) in [6.07, 6.45) is 0. The number of Topliss-reactive ketones (excluding diaryl/α,β-unsaturated/α-hetero) is 1. The zero-order chi connectivity index (χ0) is 27.1. The molecule has 8 nitrogen and oxygen atoms in total. The zero-order valence-corrected chi connectivity index (χ0v) is 23.5. The number of para-hydroxylation sites is 1. The maximum absolute atomic E-state index is 14.5. The Hall–Kier alpha value is -3.31. The number of likely N-dealkylation sites (N-methyl/N-ethyl adjacent to an activating group) is 1. The molecule has 2 spiro atoms. The zero-order valence-electron chi connectivity index (χ0n) is 20.4. The fourth-order valence-corrected chi connectivity index (χ4v) is 7.73. The van der Waals surface area contributed by atoms with E-state index in [2.05, 4.69) is 26.3 Å². The second-order valence-electron chi connectivity index (χ2n) is 9.85. The van der Waals surface area contributed by atoms with E-state index in [0.29, 0.717) is 37.6 Å². The Balaban J connectivity index is 1.39. The van der Waals surface area contributed by atoms with Gasteiger partial charge in [-0.25, -0.2) is 4.99 Å². The summed E-state index contributed by atoms with van der Waals surface area (Å²) in [6, 6.07) is 21.5. The number of thioether (sulfide) groups is 1. The number of aliphatic imine (C=N–C) groups is 1. The van der Waals surface area contributed by atoms with Gasteiger partial charge >= 0.3 is 0 Å². The lowest BCUT2D eigenvalue weighted by Crippen LogP contribution is -2.55. The van der Waals surface area contributed by atoms with Crippen molar-refractivity contribution in [3.63, 3.8) is 0 Å². The number of amides is 2. The third-order valence-electron chi connectivity index (χ3n) is 7.82. The first-order chi connectivity index (χ1) is 18.8. The summed E-state index contributed by atoms with van der Waals surface area (Å²) in [4.78, 5) is 49.4. The van der Waals surface area contributed by atoms with Gasteiger partial charge in [0, 0.05) is 33.4 Å². The molecule has 0 aromatic heterocycles. The maximum atomic E-state index is 14.5. The molecule has 3 aromatic rings. The van der Waals surface area contributed by atoms with E-state index >= 15 is 0 Å². The molecule has 1 saturated heterocycles. The average Bonchev–Trinajstić information content (AvgIpc) is 3.61. The van der Waals surface area contributed by atoms with Gasteiger partial charge in [-0.2, -0.15) is 10.1 Å². The van der Waals surface area contributed by atoms with Gasteiger partial charge < -0.3 is 5.32 Å². The van der Waals surface area contributed by atoms with Gasteiger partial charge in [-0.15, -0.1) is 0 Å². The van der Waals surface area contributed by atoms with E-state index in [0.717, 1.165) is 4.47 Å². The van der Waals surface area contributed by atoms with Crippen LogP contribution >= 0.6 is 39.3 Å². The highest BCUT2D eigenvalue weighted by Crippen LogP contribution is 2.58. The number of amidine groups is 1. The van der Waals surface area contributed by atoms with Crippen molar-refractivity contribution in [2.75, 3.05) is 18.9 Å². The van der Waals surface area contributed by atoms with Gasteiger partial charge in [0.2, 0.25) is 5.91 Å². The predicted molar refractivity (Wildman–Crippen MR) is 154 cm³/mol. The molecule has 2 amide bonds. The smallest absolute Gasteiger partial charge is 0.279 e. The number of benzene rings is 3. The van der Waals surface area contributed by atoms with E-state index in [9.17, 15) is 14.4 Å². The number of nitrogens with one attached hydrogen (secondary N) is 1. The molecule has 1 N–H and O–H groups in total. The Labute approximate surface area is 241 Å². The molecular formula is C28H19BrClN5O3S. The van der Waals surface area contributed by atoms with E-state index in [1.807, 2.05) is 36.4 Å². The molecule has 4 aliphatic rings. The van der Waals surface area contributed by atoms with Gasteiger partial charge in [0.15, 0.2) is 16.5 Å². The van der Waals surface area contributed by atoms with Crippen LogP contribution in [0, 0.1) is 5.92 Å². The number of halogens is 2. The van der Waals surface area contributed by atoms with E-state index in [1.54, 1.807) is 48.3 Å². The Morgan fingerprint density at radius 2 is 1.79 bits per heavy atom. The number of hydrogen-bond donors (Lipinski definition) is 1. The van der Waals surface area contributed by atoms with Gasteiger partial charge in [0.05, 0.1) is 10.9 Å². The van der Waals surface area contributed by atoms with Gasteiger partial charge in [0.25, 0.3) is 5.91 Å². The van der Waals surface area contributed by atoms with Gasteiger partial charge in [-0.1, -0.05) is 76.1 Å². The molecule has 3 unspecified atom stereocenters. The summed E-state index contributed by atoms with van der Waals surface area (Å²) in [7, 11) is 1.76. The lowest BCUT2D eigenvalue weighted by atomic mass is 9.68. The number of carbonyl (C=O) groups is 3. The molecule has 11 heteroatoms. The van der Waals surface area contributed by atoms with E-state index in [-0.39, 0.29) is 18.2 Å². The van der Waals surface area contributed by atoms with Gasteiger partial charge in [-0.3, -0.25) is 19.3 Å². The van der Waals surface area contributed by atoms with Crippen LogP contribution in [0.25, 0.3) is 0 Å². The van der Waals surface area contributed by atoms with Crippen molar-refractivity contribution >= 4 is 72.8 Å². The van der Waals surface area contributed by atoms with Crippen molar-refractivity contribution < 1.29 is 14.4 Å². The van der Waals surface area contributed by atoms with Crippen LogP contribution in [0.15, 0.2) is 87.4 Å². The molecule has 7 rings (SSSR count). The molecule has 4 aliphatic heterocycles. The number of anilines is 1. The van der Waals surface area contributed by atoms with Crippen LogP contribution in [-0.4, -0.2) is 56.8 Å². The Morgan fingerprint density at radius 1 is 1.08 bits per heavy atom. The van der Waals surface area contributed by atoms with Crippen molar-refractivity contribution in [1.82, 2.24) is 9.91 Å². The second-order valence-corrected chi connectivity index (χ2v) is 12.1. The molecule has 0 radical (unpaired) electrons. The molecule has 3 aromatic carbocycles. The van der Waals surface area contributed by atoms with Crippen molar-refractivity contribution in [2.24, 2.45) is 16.0 Å². The highest BCUT2D eigenvalue weighted by Gasteiger charge is 2.74. The molecular weight excluding hydrogens is 602 g/mol. The molecule has 4 heterocycles. The minimum absolute atomic E-state index is 0.0675. The van der Waals surface area contributed by atoms with Crippen LogP contribution in [0.1, 0.15) is 21.5 Å². The number of nitrogens with zero attached hydrogens (tertiary/aromatic N) is 4.